The third-order valence-electron chi connectivity index (χ3n) is 5.85. The average Bonchev–Trinajstić information content (AvgIpc) is 2.73. The van der Waals surface area contributed by atoms with Crippen LogP contribution in [0.25, 0.3) is 5.70 Å². The van der Waals surface area contributed by atoms with Crippen molar-refractivity contribution in [3.8, 4) is 0 Å². The molecule has 2 N–H and O–H groups in total. The number of unbranched alkanes of at least 4 members (excludes halogenated alkanes) is 5. The van der Waals surface area contributed by atoms with E-state index >= 15 is 0 Å². The highest BCUT2D eigenvalue weighted by Gasteiger charge is 2.35. The van der Waals surface area contributed by atoms with Gasteiger partial charge in [-0.15, -0.1) is 0 Å². The molecule has 1 amide bonds. The van der Waals surface area contributed by atoms with Crippen molar-refractivity contribution in [2.45, 2.75) is 57.4 Å². The number of rotatable bonds is 10. The fourth-order valence-corrected chi connectivity index (χ4v) is 4.24. The molecule has 1 aromatic rings. The monoisotopic (exact) mass is 409 g/mol. The molecule has 0 spiro atoms. The summed E-state index contributed by atoms with van der Waals surface area (Å²) in [5.74, 6) is 0.0277. The maximum atomic E-state index is 13.0. The van der Waals surface area contributed by atoms with Crippen molar-refractivity contribution in [3.63, 3.8) is 0 Å². The highest BCUT2D eigenvalue weighted by Crippen LogP contribution is 2.36. The molecule has 3 rings (SSSR count). The van der Waals surface area contributed by atoms with E-state index in [1.165, 1.54) is 0 Å². The third-order valence-corrected chi connectivity index (χ3v) is 5.85. The Labute approximate surface area is 178 Å². The Hall–Kier alpha value is -2.89. The number of hydrogen-bond acceptors (Lipinski definition) is 5. The minimum absolute atomic E-state index is 0.0270. The summed E-state index contributed by atoms with van der Waals surface area (Å²) in [6.45, 7) is 9.28. The first-order valence-corrected chi connectivity index (χ1v) is 10.8. The Balaban J connectivity index is 1.62. The molecule has 1 atom stereocenters. The van der Waals surface area contributed by atoms with Crippen LogP contribution in [0, 0.1) is 0 Å². The van der Waals surface area contributed by atoms with Gasteiger partial charge in [-0.25, -0.2) is 0 Å². The lowest BCUT2D eigenvalue weighted by Crippen LogP contribution is -2.48. The Bertz CT molecular complexity index is 846. The van der Waals surface area contributed by atoms with Gasteiger partial charge in [-0.3, -0.25) is 9.59 Å². The fraction of sp³-hybridized carbons (Fsp3) is 0.458. The number of nitrogens with zero attached hydrogens (tertiary/aromatic N) is 1. The molecule has 0 bridgehead atoms. The third kappa shape index (κ3) is 4.99. The Kier molecular flexibility index (Phi) is 7.44. The number of Topliss-reactive ketones (excluding diaryl/α,β-unsaturated/α-hetero) is 1. The Morgan fingerprint density at radius 3 is 2.67 bits per heavy atom. The van der Waals surface area contributed by atoms with Crippen molar-refractivity contribution in [3.05, 3.63) is 48.2 Å². The molecule has 0 aromatic heterocycles. The van der Waals surface area contributed by atoms with Crippen LogP contribution in [-0.2, 0) is 9.59 Å². The second-order valence-electron chi connectivity index (χ2n) is 8.00. The molecule has 30 heavy (non-hydrogen) atoms. The molecule has 6 nitrogen and oxygen atoms in total. The van der Waals surface area contributed by atoms with E-state index in [9.17, 15) is 14.4 Å². The van der Waals surface area contributed by atoms with Gasteiger partial charge in [0.1, 0.15) is 6.29 Å². The number of piperidine rings is 1. The number of carbonyl (C=O) groups is 3. The highest BCUT2D eigenvalue weighted by atomic mass is 16.2. The molecule has 160 valence electrons. The van der Waals surface area contributed by atoms with Crippen LogP contribution in [-0.4, -0.2) is 42.0 Å². The number of amides is 1. The summed E-state index contributed by atoms with van der Waals surface area (Å²) in [6.07, 6.45) is 7.98. The molecule has 1 aromatic carbocycles. The highest BCUT2D eigenvalue weighted by molar-refractivity contribution is 6.09. The SMILES string of the molecule is C=C1NC(=O)CCC1N1CC(=O)c2c(NCCCCCCCC=O)cccc2C1=C. The molecule has 0 radical (unpaired) electrons. The van der Waals surface area contributed by atoms with Gasteiger partial charge in [0.05, 0.1) is 18.2 Å². The summed E-state index contributed by atoms with van der Waals surface area (Å²) in [4.78, 5) is 36.9. The van der Waals surface area contributed by atoms with E-state index in [4.69, 9.17) is 0 Å². The lowest BCUT2D eigenvalue weighted by Gasteiger charge is -2.41. The van der Waals surface area contributed by atoms with Crippen molar-refractivity contribution in [1.29, 1.82) is 0 Å². The summed E-state index contributed by atoms with van der Waals surface area (Å²) < 4.78 is 0. The van der Waals surface area contributed by atoms with Crippen molar-refractivity contribution >= 4 is 29.4 Å². The lowest BCUT2D eigenvalue weighted by molar-refractivity contribution is -0.121. The van der Waals surface area contributed by atoms with E-state index in [2.05, 4.69) is 23.8 Å². The molecular formula is C24H31N3O3. The van der Waals surface area contributed by atoms with Crippen LogP contribution in [0.4, 0.5) is 5.69 Å². The van der Waals surface area contributed by atoms with E-state index in [-0.39, 0.29) is 24.3 Å². The number of aldehydes is 1. The molecule has 1 fully saturated rings. The van der Waals surface area contributed by atoms with Gasteiger partial charge in [0, 0.05) is 42.0 Å². The van der Waals surface area contributed by atoms with Crippen molar-refractivity contribution < 1.29 is 14.4 Å². The standard InChI is InChI=1S/C24H31N3O3/c1-17-21(12-13-23(30)26-17)27-16-22(29)24-19(18(27)2)10-9-11-20(24)25-14-7-5-3-4-6-8-15-28/h9-11,15,21,25H,1-8,12-14,16H2,(H,26,30). The van der Waals surface area contributed by atoms with Crippen LogP contribution in [0.5, 0.6) is 0 Å². The van der Waals surface area contributed by atoms with Gasteiger partial charge in [-0.1, -0.05) is 44.6 Å². The minimum Gasteiger partial charge on any atom is -0.384 e. The number of nitrogens with one attached hydrogen (secondary N) is 2. The molecule has 0 aliphatic carbocycles. The summed E-state index contributed by atoms with van der Waals surface area (Å²) in [6, 6.07) is 5.72. The van der Waals surface area contributed by atoms with Gasteiger partial charge in [-0.05, 0) is 25.3 Å². The van der Waals surface area contributed by atoms with Gasteiger partial charge in [0.2, 0.25) is 5.91 Å². The van der Waals surface area contributed by atoms with Crippen LogP contribution in [0.1, 0.15) is 67.3 Å². The summed E-state index contributed by atoms with van der Waals surface area (Å²) in [5, 5.41) is 6.22. The van der Waals surface area contributed by atoms with Gasteiger partial charge in [-0.2, -0.15) is 0 Å². The van der Waals surface area contributed by atoms with Gasteiger partial charge < -0.3 is 20.3 Å². The minimum atomic E-state index is -0.108. The second-order valence-corrected chi connectivity index (χ2v) is 8.00. The zero-order chi connectivity index (χ0) is 21.5. The Morgan fingerprint density at radius 2 is 1.90 bits per heavy atom. The summed E-state index contributed by atoms with van der Waals surface area (Å²) in [5.41, 5.74) is 3.83. The number of benzene rings is 1. The predicted molar refractivity (Wildman–Crippen MR) is 119 cm³/mol. The smallest absolute Gasteiger partial charge is 0.224 e. The topological polar surface area (TPSA) is 78.5 Å². The predicted octanol–water partition coefficient (Wildman–Crippen LogP) is 3.90. The van der Waals surface area contributed by atoms with Crippen molar-refractivity contribution in [2.75, 3.05) is 18.4 Å². The first-order valence-electron chi connectivity index (χ1n) is 10.8. The normalized spacial score (nSPS) is 18.8. The number of anilines is 1. The van der Waals surface area contributed by atoms with Crippen LogP contribution >= 0.6 is 0 Å². The molecule has 1 unspecified atom stereocenters. The number of fused-ring (bicyclic) bond motifs is 1. The van der Waals surface area contributed by atoms with Crippen LogP contribution in [0.3, 0.4) is 0 Å². The van der Waals surface area contributed by atoms with Gasteiger partial charge in [0.15, 0.2) is 5.78 Å². The molecule has 0 saturated carbocycles. The van der Waals surface area contributed by atoms with Gasteiger partial charge in [0.25, 0.3) is 0 Å². The van der Waals surface area contributed by atoms with Crippen LogP contribution in [0.15, 0.2) is 37.1 Å². The molecule has 6 heteroatoms. The van der Waals surface area contributed by atoms with Gasteiger partial charge >= 0.3 is 0 Å². The van der Waals surface area contributed by atoms with Crippen molar-refractivity contribution in [1.82, 2.24) is 10.2 Å². The first kappa shape index (κ1) is 21.8. The van der Waals surface area contributed by atoms with E-state index in [1.54, 1.807) is 0 Å². The van der Waals surface area contributed by atoms with Crippen LogP contribution in [0.2, 0.25) is 0 Å². The van der Waals surface area contributed by atoms with Crippen LogP contribution < -0.4 is 10.6 Å². The maximum Gasteiger partial charge on any atom is 0.224 e. The molecule has 2 heterocycles. The van der Waals surface area contributed by atoms with E-state index in [0.717, 1.165) is 61.9 Å². The first-order chi connectivity index (χ1) is 14.5. The number of carbonyl (C=O) groups excluding carboxylic acids is 3. The zero-order valence-corrected chi connectivity index (χ0v) is 17.5. The number of ketones is 1. The average molecular weight is 410 g/mol. The maximum absolute atomic E-state index is 13.0. The summed E-state index contributed by atoms with van der Waals surface area (Å²) >= 11 is 0. The lowest BCUT2D eigenvalue weighted by atomic mass is 9.91. The Morgan fingerprint density at radius 1 is 1.13 bits per heavy atom. The van der Waals surface area contributed by atoms with Crippen molar-refractivity contribution in [2.24, 2.45) is 0 Å². The second kappa shape index (κ2) is 10.2. The zero-order valence-electron chi connectivity index (χ0n) is 17.5. The molecule has 2 aliphatic heterocycles. The molecular weight excluding hydrogens is 378 g/mol. The van der Waals surface area contributed by atoms with E-state index < -0.39 is 0 Å². The number of hydrogen-bond donors (Lipinski definition) is 2. The molecule has 2 aliphatic rings. The quantitative estimate of drug-likeness (QED) is 0.453. The largest absolute Gasteiger partial charge is 0.384 e. The van der Waals surface area contributed by atoms with E-state index in [1.807, 2.05) is 23.1 Å². The molecule has 1 saturated heterocycles. The fourth-order valence-electron chi connectivity index (χ4n) is 4.24. The van der Waals surface area contributed by atoms with E-state index in [0.29, 0.717) is 30.5 Å². The summed E-state index contributed by atoms with van der Waals surface area (Å²) in [7, 11) is 0.